The van der Waals surface area contributed by atoms with Crippen molar-refractivity contribution in [3.63, 3.8) is 0 Å². The average Bonchev–Trinajstić information content (AvgIpc) is 3.21. The zero-order valence-electron chi connectivity index (χ0n) is 16.2. The molecular weight excluding hydrogens is 472 g/mol. The molecule has 1 aromatic heterocycles. The smallest absolute Gasteiger partial charge is 0.191 e. The number of morpholine rings is 1. The van der Waals surface area contributed by atoms with Gasteiger partial charge in [0.1, 0.15) is 5.82 Å². The van der Waals surface area contributed by atoms with Gasteiger partial charge < -0.3 is 19.9 Å². The van der Waals surface area contributed by atoms with Crippen LogP contribution in [0, 0.1) is 5.82 Å². The van der Waals surface area contributed by atoms with Crippen molar-refractivity contribution < 1.29 is 9.13 Å². The highest BCUT2D eigenvalue weighted by Crippen LogP contribution is 2.22. The lowest BCUT2D eigenvalue weighted by atomic mass is 10.0. The van der Waals surface area contributed by atoms with Crippen LogP contribution in [0.5, 0.6) is 0 Å². The van der Waals surface area contributed by atoms with Crippen LogP contribution in [0.2, 0.25) is 0 Å². The largest absolute Gasteiger partial charge is 0.379 e. The van der Waals surface area contributed by atoms with Crippen LogP contribution in [0.3, 0.4) is 0 Å². The van der Waals surface area contributed by atoms with Gasteiger partial charge in [0.25, 0.3) is 0 Å². The van der Waals surface area contributed by atoms with Gasteiger partial charge in [-0.1, -0.05) is 12.1 Å². The van der Waals surface area contributed by atoms with Gasteiger partial charge >= 0.3 is 0 Å². The van der Waals surface area contributed by atoms with Gasteiger partial charge in [-0.2, -0.15) is 0 Å². The normalized spacial score (nSPS) is 16.3. The summed E-state index contributed by atoms with van der Waals surface area (Å²) in [6.07, 6.45) is 4.08. The Morgan fingerprint density at radius 1 is 1.18 bits per heavy atom. The first kappa shape index (κ1) is 22.6. The Bertz CT molecular complexity index is 719. The minimum absolute atomic E-state index is 0. The second kappa shape index (κ2) is 12.0. The van der Waals surface area contributed by atoms with Crippen molar-refractivity contribution in [3.8, 4) is 0 Å². The molecule has 0 radical (unpaired) electrons. The van der Waals surface area contributed by atoms with Crippen molar-refractivity contribution in [2.24, 2.45) is 4.99 Å². The Morgan fingerprint density at radius 2 is 1.93 bits per heavy atom. The summed E-state index contributed by atoms with van der Waals surface area (Å²) in [5.74, 6) is 0.539. The van der Waals surface area contributed by atoms with E-state index in [0.29, 0.717) is 19.8 Å². The molecule has 0 aliphatic carbocycles. The van der Waals surface area contributed by atoms with E-state index in [1.54, 1.807) is 19.2 Å². The monoisotopic (exact) mass is 501 g/mol. The average molecular weight is 501 g/mol. The number of aliphatic imine (C=N–C) groups is 1. The number of ether oxygens (including phenoxy) is 1. The highest BCUT2D eigenvalue weighted by atomic mass is 127. The summed E-state index contributed by atoms with van der Waals surface area (Å²) >= 11 is 0. The minimum atomic E-state index is -0.208. The van der Waals surface area contributed by atoms with Crippen LogP contribution in [-0.4, -0.2) is 61.9 Å². The van der Waals surface area contributed by atoms with Crippen molar-refractivity contribution in [1.82, 2.24) is 20.1 Å². The summed E-state index contributed by atoms with van der Waals surface area (Å²) in [4.78, 5) is 6.63. The maximum absolute atomic E-state index is 13.8. The molecule has 1 fully saturated rings. The van der Waals surface area contributed by atoms with Crippen LogP contribution in [-0.2, 0) is 11.3 Å². The van der Waals surface area contributed by atoms with Crippen LogP contribution in [0.4, 0.5) is 4.39 Å². The van der Waals surface area contributed by atoms with E-state index in [-0.39, 0.29) is 35.8 Å². The van der Waals surface area contributed by atoms with Gasteiger partial charge in [-0.15, -0.1) is 24.0 Å². The van der Waals surface area contributed by atoms with E-state index in [9.17, 15) is 4.39 Å². The molecule has 6 nitrogen and oxygen atoms in total. The summed E-state index contributed by atoms with van der Waals surface area (Å²) in [7, 11) is 1.76. The second-order valence-electron chi connectivity index (χ2n) is 6.52. The standard InChI is InChI=1S/C20H28FN5O.HI/c1-22-20(23-7-10-25-8-2-3-9-25)24-16-19(26-11-13-27-14-12-26)17-5-4-6-18(21)15-17;/h2-6,8-9,15,19H,7,10-14,16H2,1H3,(H2,22,23,24);1H. The van der Waals surface area contributed by atoms with Gasteiger partial charge in [0.15, 0.2) is 5.96 Å². The van der Waals surface area contributed by atoms with E-state index in [0.717, 1.165) is 37.7 Å². The molecule has 2 N–H and O–H groups in total. The highest BCUT2D eigenvalue weighted by Gasteiger charge is 2.23. The zero-order valence-corrected chi connectivity index (χ0v) is 18.5. The highest BCUT2D eigenvalue weighted by molar-refractivity contribution is 14.0. The Morgan fingerprint density at radius 3 is 2.61 bits per heavy atom. The maximum atomic E-state index is 13.8. The van der Waals surface area contributed by atoms with Crippen LogP contribution in [0.1, 0.15) is 11.6 Å². The Labute approximate surface area is 183 Å². The molecule has 8 heteroatoms. The second-order valence-corrected chi connectivity index (χ2v) is 6.52. The predicted molar refractivity (Wildman–Crippen MR) is 121 cm³/mol. The third-order valence-corrected chi connectivity index (χ3v) is 4.74. The Kier molecular flexibility index (Phi) is 9.72. The van der Waals surface area contributed by atoms with E-state index < -0.39 is 0 Å². The summed E-state index contributed by atoms with van der Waals surface area (Å²) in [5.41, 5.74) is 0.965. The van der Waals surface area contributed by atoms with Crippen molar-refractivity contribution in [2.75, 3.05) is 46.4 Å². The van der Waals surface area contributed by atoms with E-state index in [1.165, 1.54) is 6.07 Å². The van der Waals surface area contributed by atoms with E-state index in [4.69, 9.17) is 4.74 Å². The molecule has 3 rings (SSSR count). The molecule has 1 aliphatic heterocycles. The molecule has 1 atom stereocenters. The van der Waals surface area contributed by atoms with Gasteiger partial charge in [-0.05, 0) is 29.8 Å². The number of halogens is 2. The number of nitrogens with one attached hydrogen (secondary N) is 2. The van der Waals surface area contributed by atoms with E-state index in [1.807, 2.05) is 30.6 Å². The Hall–Kier alpha value is -1.65. The number of aromatic nitrogens is 1. The first-order valence-electron chi connectivity index (χ1n) is 9.39. The minimum Gasteiger partial charge on any atom is -0.379 e. The van der Waals surface area contributed by atoms with Crippen molar-refractivity contribution in [2.45, 2.75) is 12.6 Å². The van der Waals surface area contributed by atoms with Crippen LogP contribution < -0.4 is 10.6 Å². The third-order valence-electron chi connectivity index (χ3n) is 4.74. The van der Waals surface area contributed by atoms with Gasteiger partial charge in [0.05, 0.1) is 19.3 Å². The van der Waals surface area contributed by atoms with Gasteiger partial charge in [-0.3, -0.25) is 9.89 Å². The van der Waals surface area contributed by atoms with E-state index >= 15 is 0 Å². The molecule has 154 valence electrons. The summed E-state index contributed by atoms with van der Waals surface area (Å²) in [6, 6.07) is 10.9. The maximum Gasteiger partial charge on any atom is 0.191 e. The lowest BCUT2D eigenvalue weighted by Gasteiger charge is -2.35. The lowest BCUT2D eigenvalue weighted by Crippen LogP contribution is -2.46. The summed E-state index contributed by atoms with van der Waals surface area (Å²) in [6.45, 7) is 5.37. The molecule has 0 bridgehead atoms. The quantitative estimate of drug-likeness (QED) is 0.348. The summed E-state index contributed by atoms with van der Waals surface area (Å²) < 4.78 is 21.3. The van der Waals surface area contributed by atoms with Gasteiger partial charge in [0, 0.05) is 52.2 Å². The van der Waals surface area contributed by atoms with Gasteiger partial charge in [-0.25, -0.2) is 4.39 Å². The van der Waals surface area contributed by atoms with Crippen molar-refractivity contribution in [3.05, 3.63) is 60.2 Å². The fourth-order valence-electron chi connectivity index (χ4n) is 3.30. The third kappa shape index (κ3) is 6.75. The van der Waals surface area contributed by atoms with E-state index in [2.05, 4.69) is 25.1 Å². The number of nitrogens with zero attached hydrogens (tertiary/aromatic N) is 3. The SMILES string of the molecule is CN=C(NCCn1cccc1)NCC(c1cccc(F)c1)N1CCOCC1.I. The topological polar surface area (TPSA) is 53.8 Å². The van der Waals surface area contributed by atoms with Crippen molar-refractivity contribution >= 4 is 29.9 Å². The molecule has 0 amide bonds. The number of hydrogen-bond acceptors (Lipinski definition) is 3. The first-order chi connectivity index (χ1) is 13.3. The van der Waals surface area contributed by atoms with Gasteiger partial charge in [0.2, 0.25) is 0 Å². The fraction of sp³-hybridized carbons (Fsp3) is 0.450. The number of benzene rings is 1. The number of hydrogen-bond donors (Lipinski definition) is 2. The molecule has 2 aromatic rings. The Balaban J connectivity index is 0.00000280. The molecule has 2 heterocycles. The first-order valence-corrected chi connectivity index (χ1v) is 9.39. The predicted octanol–water partition coefficient (Wildman–Crippen LogP) is 2.48. The molecule has 1 aromatic carbocycles. The van der Waals surface area contributed by atoms with Crippen LogP contribution in [0.25, 0.3) is 0 Å². The number of rotatable bonds is 7. The zero-order chi connectivity index (χ0) is 18.9. The summed E-state index contributed by atoms with van der Waals surface area (Å²) in [5, 5.41) is 6.72. The molecule has 1 saturated heterocycles. The molecule has 28 heavy (non-hydrogen) atoms. The molecule has 0 spiro atoms. The molecule has 1 aliphatic rings. The fourth-order valence-corrected chi connectivity index (χ4v) is 3.30. The van der Waals surface area contributed by atoms with Crippen LogP contribution in [0.15, 0.2) is 53.8 Å². The molecule has 0 saturated carbocycles. The van der Waals surface area contributed by atoms with Crippen molar-refractivity contribution in [1.29, 1.82) is 0 Å². The molecular formula is C20H29FIN5O. The van der Waals surface area contributed by atoms with Crippen LogP contribution >= 0.6 is 24.0 Å². The molecule has 1 unspecified atom stereocenters. The lowest BCUT2D eigenvalue weighted by molar-refractivity contribution is 0.0169. The number of guanidine groups is 1.